The zero-order valence-electron chi connectivity index (χ0n) is 14.9. The number of hydrogen-bond donors (Lipinski definition) is 0. The number of benzene rings is 2. The lowest BCUT2D eigenvalue weighted by atomic mass is 10.1. The minimum Gasteiger partial charge on any atom is -0.314 e. The summed E-state index contributed by atoms with van der Waals surface area (Å²) in [5.74, 6) is -0.186. The molecule has 0 saturated carbocycles. The van der Waals surface area contributed by atoms with Crippen molar-refractivity contribution < 1.29 is 4.79 Å². The molecule has 0 atom stereocenters. The highest BCUT2D eigenvalue weighted by Crippen LogP contribution is 2.18. The number of likely N-dealkylation sites (N-methyl/N-ethyl adjacent to an activating group) is 1. The van der Waals surface area contributed by atoms with E-state index in [0.717, 1.165) is 27.9 Å². The standard InChI is InChI=1S/C20H21N3O2/c1-13-9-14(2)11-16(10-13)22(4)19(24)12-23-20(25)18-8-6-5-7-17(18)15(3)21-23/h5-11H,12H2,1-4H3. The van der Waals surface area contributed by atoms with E-state index in [1.807, 2.05) is 51.1 Å². The molecule has 1 heterocycles. The van der Waals surface area contributed by atoms with Gasteiger partial charge in [0.25, 0.3) is 5.56 Å². The average molecular weight is 335 g/mol. The van der Waals surface area contributed by atoms with Crippen molar-refractivity contribution >= 4 is 22.4 Å². The molecule has 0 aliphatic carbocycles. The smallest absolute Gasteiger partial charge is 0.275 e. The maximum Gasteiger partial charge on any atom is 0.275 e. The molecule has 0 bridgehead atoms. The van der Waals surface area contributed by atoms with Crippen LogP contribution in [0.25, 0.3) is 10.8 Å². The van der Waals surface area contributed by atoms with E-state index >= 15 is 0 Å². The Labute approximate surface area is 146 Å². The molecule has 2 aromatic carbocycles. The lowest BCUT2D eigenvalue weighted by Crippen LogP contribution is -2.35. The number of carbonyl (C=O) groups excluding carboxylic acids is 1. The van der Waals surface area contributed by atoms with Crippen LogP contribution in [0.5, 0.6) is 0 Å². The molecule has 3 aromatic rings. The second-order valence-electron chi connectivity index (χ2n) is 6.39. The number of carbonyl (C=O) groups is 1. The van der Waals surface area contributed by atoms with Crippen LogP contribution in [-0.4, -0.2) is 22.7 Å². The van der Waals surface area contributed by atoms with Gasteiger partial charge >= 0.3 is 0 Å². The Kier molecular flexibility index (Phi) is 4.40. The molecule has 5 heteroatoms. The molecule has 0 aliphatic heterocycles. The van der Waals surface area contributed by atoms with Crippen molar-refractivity contribution in [2.24, 2.45) is 0 Å². The van der Waals surface area contributed by atoms with Gasteiger partial charge in [0.2, 0.25) is 5.91 Å². The minimum absolute atomic E-state index is 0.0893. The zero-order chi connectivity index (χ0) is 18.1. The fourth-order valence-corrected chi connectivity index (χ4v) is 3.03. The monoisotopic (exact) mass is 335 g/mol. The predicted octanol–water partition coefficient (Wildman–Crippen LogP) is 2.98. The number of anilines is 1. The van der Waals surface area contributed by atoms with Gasteiger partial charge in [-0.25, -0.2) is 4.68 Å². The molecule has 0 radical (unpaired) electrons. The first-order valence-electron chi connectivity index (χ1n) is 8.18. The first kappa shape index (κ1) is 16.9. The van der Waals surface area contributed by atoms with Crippen LogP contribution in [0.1, 0.15) is 16.8 Å². The number of fused-ring (bicyclic) bond motifs is 1. The van der Waals surface area contributed by atoms with E-state index in [-0.39, 0.29) is 18.0 Å². The second-order valence-corrected chi connectivity index (χ2v) is 6.39. The molecular weight excluding hydrogens is 314 g/mol. The quantitative estimate of drug-likeness (QED) is 0.739. The number of nitrogens with zero attached hydrogens (tertiary/aromatic N) is 3. The van der Waals surface area contributed by atoms with Gasteiger partial charge in [-0.2, -0.15) is 5.10 Å². The summed E-state index contributed by atoms with van der Waals surface area (Å²) in [5.41, 5.74) is 3.48. The number of amides is 1. The Morgan fingerprint density at radius 1 is 1.04 bits per heavy atom. The molecule has 1 amide bonds. The van der Waals surface area contributed by atoms with Crippen LogP contribution in [-0.2, 0) is 11.3 Å². The second kappa shape index (κ2) is 6.51. The summed E-state index contributed by atoms with van der Waals surface area (Å²) < 4.78 is 1.25. The minimum atomic E-state index is -0.247. The highest BCUT2D eigenvalue weighted by molar-refractivity contribution is 5.93. The first-order chi connectivity index (χ1) is 11.9. The van der Waals surface area contributed by atoms with Crippen molar-refractivity contribution in [2.75, 3.05) is 11.9 Å². The van der Waals surface area contributed by atoms with E-state index in [4.69, 9.17) is 0 Å². The maximum absolute atomic E-state index is 12.7. The summed E-state index contributed by atoms with van der Waals surface area (Å²) in [4.78, 5) is 26.8. The molecule has 25 heavy (non-hydrogen) atoms. The summed E-state index contributed by atoms with van der Waals surface area (Å²) in [6, 6.07) is 13.3. The fraction of sp³-hybridized carbons (Fsp3) is 0.250. The van der Waals surface area contributed by atoms with Gasteiger partial charge < -0.3 is 4.90 Å². The summed E-state index contributed by atoms with van der Waals surface area (Å²) in [6.45, 7) is 5.74. The van der Waals surface area contributed by atoms with Gasteiger partial charge in [-0.15, -0.1) is 0 Å². The van der Waals surface area contributed by atoms with E-state index < -0.39 is 0 Å². The van der Waals surface area contributed by atoms with Crippen molar-refractivity contribution in [3.63, 3.8) is 0 Å². The molecule has 1 aromatic heterocycles. The molecule has 0 spiro atoms. The van der Waals surface area contributed by atoms with Crippen molar-refractivity contribution in [1.29, 1.82) is 0 Å². The van der Waals surface area contributed by atoms with Crippen LogP contribution in [0.4, 0.5) is 5.69 Å². The molecule has 0 saturated heterocycles. The maximum atomic E-state index is 12.7. The van der Waals surface area contributed by atoms with Gasteiger partial charge in [-0.1, -0.05) is 24.3 Å². The Morgan fingerprint density at radius 2 is 1.64 bits per heavy atom. The molecule has 0 aliphatic rings. The van der Waals surface area contributed by atoms with Gasteiger partial charge in [0, 0.05) is 18.1 Å². The van der Waals surface area contributed by atoms with Gasteiger partial charge in [0.15, 0.2) is 0 Å². The van der Waals surface area contributed by atoms with E-state index in [9.17, 15) is 9.59 Å². The number of hydrogen-bond acceptors (Lipinski definition) is 3. The van der Waals surface area contributed by atoms with Crippen molar-refractivity contribution in [2.45, 2.75) is 27.3 Å². The summed E-state index contributed by atoms with van der Waals surface area (Å²) in [6.07, 6.45) is 0. The van der Waals surface area contributed by atoms with Crippen LogP contribution in [0.2, 0.25) is 0 Å². The fourth-order valence-electron chi connectivity index (χ4n) is 3.03. The van der Waals surface area contributed by atoms with Crippen molar-refractivity contribution in [1.82, 2.24) is 9.78 Å². The van der Waals surface area contributed by atoms with Gasteiger partial charge in [0.05, 0.1) is 11.1 Å². The van der Waals surface area contributed by atoms with Gasteiger partial charge in [-0.3, -0.25) is 9.59 Å². The number of aromatic nitrogens is 2. The molecular formula is C20H21N3O2. The summed E-state index contributed by atoms with van der Waals surface area (Å²) >= 11 is 0. The SMILES string of the molecule is Cc1cc(C)cc(N(C)C(=O)Cn2nc(C)c3ccccc3c2=O)c1. The topological polar surface area (TPSA) is 55.2 Å². The Bertz CT molecular complexity index is 1000. The van der Waals surface area contributed by atoms with Crippen LogP contribution < -0.4 is 10.5 Å². The van der Waals surface area contributed by atoms with Crippen LogP contribution in [0, 0.1) is 20.8 Å². The molecule has 0 fully saturated rings. The zero-order valence-corrected chi connectivity index (χ0v) is 14.9. The molecule has 5 nitrogen and oxygen atoms in total. The highest BCUT2D eigenvalue weighted by atomic mass is 16.2. The number of rotatable bonds is 3. The first-order valence-corrected chi connectivity index (χ1v) is 8.18. The third kappa shape index (κ3) is 3.31. The van der Waals surface area contributed by atoms with E-state index in [0.29, 0.717) is 5.39 Å². The normalized spacial score (nSPS) is 10.9. The molecule has 0 unspecified atom stereocenters. The van der Waals surface area contributed by atoms with Gasteiger partial charge in [0.1, 0.15) is 6.54 Å². The lowest BCUT2D eigenvalue weighted by molar-refractivity contribution is -0.119. The van der Waals surface area contributed by atoms with Crippen LogP contribution >= 0.6 is 0 Å². The number of aryl methyl sites for hydroxylation is 3. The molecule has 3 rings (SSSR count). The average Bonchev–Trinajstić information content (AvgIpc) is 2.58. The van der Waals surface area contributed by atoms with E-state index in [1.54, 1.807) is 18.0 Å². The lowest BCUT2D eigenvalue weighted by Gasteiger charge is -2.19. The van der Waals surface area contributed by atoms with Gasteiger partial charge in [-0.05, 0) is 50.1 Å². The molecule has 0 N–H and O–H groups in total. The Balaban J connectivity index is 1.94. The third-order valence-corrected chi connectivity index (χ3v) is 4.31. The van der Waals surface area contributed by atoms with E-state index in [2.05, 4.69) is 11.2 Å². The largest absolute Gasteiger partial charge is 0.314 e. The molecule has 128 valence electrons. The predicted molar refractivity (Wildman–Crippen MR) is 100 cm³/mol. The summed E-state index contributed by atoms with van der Waals surface area (Å²) in [7, 11) is 1.72. The third-order valence-electron chi connectivity index (χ3n) is 4.31. The highest BCUT2D eigenvalue weighted by Gasteiger charge is 2.15. The van der Waals surface area contributed by atoms with Crippen molar-refractivity contribution in [3.05, 3.63) is 69.6 Å². The Morgan fingerprint density at radius 3 is 2.28 bits per heavy atom. The summed E-state index contributed by atoms with van der Waals surface area (Å²) in [5, 5.41) is 5.71. The van der Waals surface area contributed by atoms with E-state index in [1.165, 1.54) is 4.68 Å². The van der Waals surface area contributed by atoms with Crippen LogP contribution in [0.15, 0.2) is 47.3 Å². The van der Waals surface area contributed by atoms with Crippen molar-refractivity contribution in [3.8, 4) is 0 Å². The van der Waals surface area contributed by atoms with Crippen LogP contribution in [0.3, 0.4) is 0 Å². The Hall–Kier alpha value is -2.95.